The fraction of sp³-hybridized carbons (Fsp3) is 0.929. The smallest absolute Gasteiger partial charge is 0.234 e. The lowest BCUT2D eigenvalue weighted by Crippen LogP contribution is -2.50. The minimum atomic E-state index is 0.184. The van der Waals surface area contributed by atoms with Gasteiger partial charge in [0.15, 0.2) is 0 Å². The van der Waals surface area contributed by atoms with Crippen molar-refractivity contribution in [2.24, 2.45) is 0 Å². The molecule has 1 saturated heterocycles. The van der Waals surface area contributed by atoms with E-state index in [4.69, 9.17) is 4.74 Å². The van der Waals surface area contributed by atoms with Gasteiger partial charge in [-0.1, -0.05) is 19.3 Å². The fourth-order valence-electron chi connectivity index (χ4n) is 3.14. The number of hydrogen-bond donors (Lipinski definition) is 1. The van der Waals surface area contributed by atoms with E-state index in [2.05, 4.69) is 24.1 Å². The molecule has 1 heterocycles. The molecule has 2 rings (SSSR count). The maximum Gasteiger partial charge on any atom is 0.234 e. The minimum absolute atomic E-state index is 0.184. The van der Waals surface area contributed by atoms with Crippen molar-refractivity contribution in [3.63, 3.8) is 0 Å². The highest BCUT2D eigenvalue weighted by molar-refractivity contribution is 5.78. The summed E-state index contributed by atoms with van der Waals surface area (Å²) in [7, 11) is 0. The third-order valence-corrected chi connectivity index (χ3v) is 3.83. The van der Waals surface area contributed by atoms with Gasteiger partial charge in [0.1, 0.15) is 0 Å². The van der Waals surface area contributed by atoms with Gasteiger partial charge in [0.05, 0.1) is 18.8 Å². The maximum absolute atomic E-state index is 12.0. The van der Waals surface area contributed by atoms with E-state index >= 15 is 0 Å². The molecule has 1 amide bonds. The van der Waals surface area contributed by atoms with E-state index in [1.165, 1.54) is 19.3 Å². The Morgan fingerprint density at radius 3 is 2.39 bits per heavy atom. The van der Waals surface area contributed by atoms with Gasteiger partial charge in [0, 0.05) is 19.1 Å². The third kappa shape index (κ3) is 4.25. The average Bonchev–Trinajstić information content (AvgIpc) is 2.28. The van der Waals surface area contributed by atoms with E-state index in [1.54, 1.807) is 0 Å². The summed E-state index contributed by atoms with van der Waals surface area (Å²) in [6.45, 7) is 6.39. The zero-order valence-corrected chi connectivity index (χ0v) is 11.7. The second-order valence-corrected chi connectivity index (χ2v) is 5.85. The van der Waals surface area contributed by atoms with Crippen molar-refractivity contribution in [3.8, 4) is 0 Å². The number of carbonyl (C=O) groups is 1. The van der Waals surface area contributed by atoms with Gasteiger partial charge in [-0.3, -0.25) is 9.69 Å². The number of ether oxygens (including phenoxy) is 1. The third-order valence-electron chi connectivity index (χ3n) is 3.83. The Balaban J connectivity index is 1.72. The monoisotopic (exact) mass is 254 g/mol. The van der Waals surface area contributed by atoms with Crippen LogP contribution in [0, 0.1) is 0 Å². The van der Waals surface area contributed by atoms with Crippen LogP contribution in [0.3, 0.4) is 0 Å². The Morgan fingerprint density at radius 1 is 1.17 bits per heavy atom. The molecule has 0 aromatic rings. The van der Waals surface area contributed by atoms with Gasteiger partial charge >= 0.3 is 0 Å². The zero-order valence-electron chi connectivity index (χ0n) is 11.7. The molecule has 2 fully saturated rings. The van der Waals surface area contributed by atoms with Crippen LogP contribution < -0.4 is 5.32 Å². The lowest BCUT2D eigenvalue weighted by Gasteiger charge is -2.35. The van der Waals surface area contributed by atoms with E-state index < -0.39 is 0 Å². The Hall–Kier alpha value is -0.610. The Morgan fingerprint density at radius 2 is 1.78 bits per heavy atom. The summed E-state index contributed by atoms with van der Waals surface area (Å²) in [6, 6.07) is 0.419. The van der Waals surface area contributed by atoms with Crippen LogP contribution in [0.2, 0.25) is 0 Å². The van der Waals surface area contributed by atoms with Crippen molar-refractivity contribution in [3.05, 3.63) is 0 Å². The quantitative estimate of drug-likeness (QED) is 0.831. The van der Waals surface area contributed by atoms with Gasteiger partial charge in [0.2, 0.25) is 5.91 Å². The van der Waals surface area contributed by atoms with Crippen molar-refractivity contribution in [1.29, 1.82) is 0 Å². The molecule has 0 aromatic carbocycles. The summed E-state index contributed by atoms with van der Waals surface area (Å²) < 4.78 is 5.67. The van der Waals surface area contributed by atoms with Crippen LogP contribution in [0.1, 0.15) is 46.0 Å². The SMILES string of the molecule is CC1CN(CC(=O)NC2CCCCC2)CC(C)O1. The number of nitrogens with one attached hydrogen (secondary N) is 1. The molecular weight excluding hydrogens is 228 g/mol. The van der Waals surface area contributed by atoms with Gasteiger partial charge in [-0.25, -0.2) is 0 Å². The average molecular weight is 254 g/mol. The number of rotatable bonds is 3. The highest BCUT2D eigenvalue weighted by atomic mass is 16.5. The molecule has 0 spiro atoms. The van der Waals surface area contributed by atoms with Crippen molar-refractivity contribution in [1.82, 2.24) is 10.2 Å². The molecule has 18 heavy (non-hydrogen) atoms. The molecule has 2 atom stereocenters. The molecule has 1 aliphatic carbocycles. The molecule has 1 N–H and O–H groups in total. The first kappa shape index (κ1) is 13.8. The normalized spacial score (nSPS) is 31.2. The minimum Gasteiger partial charge on any atom is -0.373 e. The molecule has 2 unspecified atom stereocenters. The van der Waals surface area contributed by atoms with E-state index in [9.17, 15) is 4.79 Å². The number of hydrogen-bond acceptors (Lipinski definition) is 3. The first-order valence-electron chi connectivity index (χ1n) is 7.30. The topological polar surface area (TPSA) is 41.6 Å². The molecule has 0 bridgehead atoms. The maximum atomic E-state index is 12.0. The number of nitrogens with zero attached hydrogens (tertiary/aromatic N) is 1. The molecule has 4 nitrogen and oxygen atoms in total. The van der Waals surface area contributed by atoms with Crippen LogP contribution in [0.4, 0.5) is 0 Å². The van der Waals surface area contributed by atoms with E-state index in [0.717, 1.165) is 25.9 Å². The molecule has 104 valence electrons. The molecule has 1 aliphatic heterocycles. The van der Waals surface area contributed by atoms with Gasteiger partial charge < -0.3 is 10.1 Å². The lowest BCUT2D eigenvalue weighted by atomic mass is 9.95. The van der Waals surface area contributed by atoms with Gasteiger partial charge in [-0.15, -0.1) is 0 Å². The number of carbonyl (C=O) groups excluding carboxylic acids is 1. The van der Waals surface area contributed by atoms with E-state index in [1.807, 2.05) is 0 Å². The summed E-state index contributed by atoms with van der Waals surface area (Å²) in [5, 5.41) is 3.17. The highest BCUT2D eigenvalue weighted by Crippen LogP contribution is 2.17. The summed E-state index contributed by atoms with van der Waals surface area (Å²) in [6.07, 6.45) is 6.62. The summed E-state index contributed by atoms with van der Waals surface area (Å²) in [4.78, 5) is 14.2. The van der Waals surface area contributed by atoms with Crippen molar-refractivity contribution in [2.45, 2.75) is 64.2 Å². The van der Waals surface area contributed by atoms with E-state index in [0.29, 0.717) is 12.6 Å². The van der Waals surface area contributed by atoms with Crippen LogP contribution in [-0.2, 0) is 9.53 Å². The highest BCUT2D eigenvalue weighted by Gasteiger charge is 2.24. The summed E-state index contributed by atoms with van der Waals surface area (Å²) >= 11 is 0. The predicted octanol–water partition coefficient (Wildman–Crippen LogP) is 1.54. The second-order valence-electron chi connectivity index (χ2n) is 5.85. The Bertz CT molecular complexity index is 267. The van der Waals surface area contributed by atoms with Crippen LogP contribution in [-0.4, -0.2) is 48.7 Å². The standard InChI is InChI=1S/C14H26N2O2/c1-11-8-16(9-12(2)18-11)10-14(17)15-13-6-4-3-5-7-13/h11-13H,3-10H2,1-2H3,(H,15,17). The lowest BCUT2D eigenvalue weighted by molar-refractivity contribution is -0.126. The van der Waals surface area contributed by atoms with Crippen LogP contribution in [0.15, 0.2) is 0 Å². The van der Waals surface area contributed by atoms with Crippen molar-refractivity contribution < 1.29 is 9.53 Å². The predicted molar refractivity (Wildman–Crippen MR) is 71.5 cm³/mol. The largest absolute Gasteiger partial charge is 0.373 e. The summed E-state index contributed by atoms with van der Waals surface area (Å²) in [5.41, 5.74) is 0. The van der Waals surface area contributed by atoms with E-state index in [-0.39, 0.29) is 18.1 Å². The first-order valence-corrected chi connectivity index (χ1v) is 7.30. The van der Waals surface area contributed by atoms with Crippen LogP contribution in [0.25, 0.3) is 0 Å². The number of morpholine rings is 1. The van der Waals surface area contributed by atoms with Gasteiger partial charge in [0.25, 0.3) is 0 Å². The Labute approximate surface area is 110 Å². The Kier molecular flexibility index (Phi) is 5.01. The van der Waals surface area contributed by atoms with Crippen LogP contribution in [0.5, 0.6) is 0 Å². The van der Waals surface area contributed by atoms with Gasteiger partial charge in [-0.2, -0.15) is 0 Å². The number of amides is 1. The van der Waals surface area contributed by atoms with Crippen molar-refractivity contribution >= 4 is 5.91 Å². The molecule has 0 radical (unpaired) electrons. The summed E-state index contributed by atoms with van der Waals surface area (Å²) in [5.74, 6) is 0.184. The fourth-order valence-corrected chi connectivity index (χ4v) is 3.14. The second kappa shape index (κ2) is 6.53. The molecular formula is C14H26N2O2. The molecule has 1 saturated carbocycles. The van der Waals surface area contributed by atoms with Crippen molar-refractivity contribution in [2.75, 3.05) is 19.6 Å². The van der Waals surface area contributed by atoms with Crippen LogP contribution >= 0.6 is 0 Å². The van der Waals surface area contributed by atoms with Gasteiger partial charge in [-0.05, 0) is 26.7 Å². The zero-order chi connectivity index (χ0) is 13.0. The first-order chi connectivity index (χ1) is 8.63. The molecule has 2 aliphatic rings. The molecule has 4 heteroatoms. The molecule has 0 aromatic heterocycles.